The molecule has 1 aromatic heterocycles. The standard InChI is InChI=1S/C23H19NO2/c25-22-19-13-7-8-14-21(19)24(16-18-11-5-2-6-12-18)23(26)20(22)15-17-9-3-1-4-10-17/h1-14,25H,15-16H2. The first kappa shape index (κ1) is 16.2. The van der Waals surface area contributed by atoms with Crippen molar-refractivity contribution in [2.45, 2.75) is 13.0 Å². The summed E-state index contributed by atoms with van der Waals surface area (Å²) in [6.45, 7) is 0.474. The molecular weight excluding hydrogens is 322 g/mol. The van der Waals surface area contributed by atoms with Gasteiger partial charge in [0.15, 0.2) is 0 Å². The van der Waals surface area contributed by atoms with E-state index in [0.29, 0.717) is 23.9 Å². The molecule has 0 aliphatic carbocycles. The van der Waals surface area contributed by atoms with E-state index in [1.807, 2.05) is 84.9 Å². The molecule has 0 unspecified atom stereocenters. The first-order valence-electron chi connectivity index (χ1n) is 8.65. The second-order valence-corrected chi connectivity index (χ2v) is 6.38. The lowest BCUT2D eigenvalue weighted by Gasteiger charge is -2.15. The number of hydrogen-bond donors (Lipinski definition) is 1. The molecule has 0 amide bonds. The fourth-order valence-corrected chi connectivity index (χ4v) is 3.33. The molecule has 0 aliphatic rings. The lowest BCUT2D eigenvalue weighted by Crippen LogP contribution is -2.25. The molecule has 0 bridgehead atoms. The first-order valence-corrected chi connectivity index (χ1v) is 8.65. The predicted octanol–water partition coefficient (Wildman–Crippen LogP) is 4.35. The van der Waals surface area contributed by atoms with E-state index in [0.717, 1.165) is 16.6 Å². The third kappa shape index (κ3) is 3.00. The maximum absolute atomic E-state index is 13.2. The average molecular weight is 341 g/mol. The highest BCUT2D eigenvalue weighted by Gasteiger charge is 2.16. The van der Waals surface area contributed by atoms with Crippen molar-refractivity contribution in [3.05, 3.63) is 112 Å². The summed E-state index contributed by atoms with van der Waals surface area (Å²) in [6.07, 6.45) is 0.408. The summed E-state index contributed by atoms with van der Waals surface area (Å²) in [7, 11) is 0. The number of nitrogens with zero attached hydrogens (tertiary/aromatic N) is 1. The van der Waals surface area contributed by atoms with Crippen molar-refractivity contribution in [3.63, 3.8) is 0 Å². The molecule has 0 aliphatic heterocycles. The van der Waals surface area contributed by atoms with Crippen LogP contribution in [0.2, 0.25) is 0 Å². The molecule has 0 saturated carbocycles. The van der Waals surface area contributed by atoms with Gasteiger partial charge in [-0.3, -0.25) is 4.79 Å². The third-order valence-electron chi connectivity index (χ3n) is 4.65. The van der Waals surface area contributed by atoms with Crippen LogP contribution in [0.4, 0.5) is 0 Å². The van der Waals surface area contributed by atoms with Gasteiger partial charge in [-0.2, -0.15) is 0 Å². The zero-order valence-corrected chi connectivity index (χ0v) is 14.3. The minimum atomic E-state index is -0.145. The predicted molar refractivity (Wildman–Crippen MR) is 105 cm³/mol. The number of benzene rings is 3. The SMILES string of the molecule is O=c1c(Cc2ccccc2)c(O)c2ccccc2n1Cc1ccccc1. The fraction of sp³-hybridized carbons (Fsp3) is 0.0870. The summed E-state index contributed by atoms with van der Waals surface area (Å²) in [5.74, 6) is 0.0822. The van der Waals surface area contributed by atoms with Gasteiger partial charge in [-0.05, 0) is 23.3 Å². The van der Waals surface area contributed by atoms with Crippen molar-refractivity contribution in [3.8, 4) is 5.75 Å². The molecule has 0 saturated heterocycles. The van der Waals surface area contributed by atoms with Crippen molar-refractivity contribution in [1.29, 1.82) is 0 Å². The van der Waals surface area contributed by atoms with Gasteiger partial charge in [0.05, 0.1) is 17.6 Å². The van der Waals surface area contributed by atoms with Crippen LogP contribution in [0.15, 0.2) is 89.7 Å². The minimum Gasteiger partial charge on any atom is -0.507 e. The highest BCUT2D eigenvalue weighted by Crippen LogP contribution is 2.28. The smallest absolute Gasteiger partial charge is 0.258 e. The second-order valence-electron chi connectivity index (χ2n) is 6.38. The van der Waals surface area contributed by atoms with E-state index in [2.05, 4.69) is 0 Å². The van der Waals surface area contributed by atoms with Crippen molar-refractivity contribution in [1.82, 2.24) is 4.57 Å². The van der Waals surface area contributed by atoms with Gasteiger partial charge in [0.25, 0.3) is 5.56 Å². The normalized spacial score (nSPS) is 10.9. The Balaban J connectivity index is 1.91. The molecular formula is C23H19NO2. The van der Waals surface area contributed by atoms with Gasteiger partial charge in [0.1, 0.15) is 5.75 Å². The molecule has 0 atom stereocenters. The number of pyridine rings is 1. The Labute approximate surface area is 151 Å². The number of fused-ring (bicyclic) bond motifs is 1. The van der Waals surface area contributed by atoms with Crippen molar-refractivity contribution < 1.29 is 5.11 Å². The number of hydrogen-bond acceptors (Lipinski definition) is 2. The van der Waals surface area contributed by atoms with Crippen LogP contribution in [0.1, 0.15) is 16.7 Å². The Hall–Kier alpha value is -3.33. The van der Waals surface area contributed by atoms with Gasteiger partial charge >= 0.3 is 0 Å². The maximum atomic E-state index is 13.2. The number of para-hydroxylation sites is 1. The largest absolute Gasteiger partial charge is 0.507 e. The topological polar surface area (TPSA) is 42.2 Å². The molecule has 3 heteroatoms. The zero-order chi connectivity index (χ0) is 17.9. The van der Waals surface area contributed by atoms with Crippen molar-refractivity contribution in [2.75, 3.05) is 0 Å². The van der Waals surface area contributed by atoms with Crippen molar-refractivity contribution >= 4 is 10.9 Å². The maximum Gasteiger partial charge on any atom is 0.258 e. The molecule has 4 rings (SSSR count). The number of aromatic nitrogens is 1. The highest BCUT2D eigenvalue weighted by molar-refractivity contribution is 5.86. The molecule has 0 fully saturated rings. The van der Waals surface area contributed by atoms with E-state index < -0.39 is 0 Å². The first-order chi connectivity index (χ1) is 12.7. The Morgan fingerprint density at radius 1 is 0.731 bits per heavy atom. The molecule has 3 aromatic carbocycles. The number of aromatic hydroxyl groups is 1. The van der Waals surface area contributed by atoms with E-state index >= 15 is 0 Å². The molecule has 4 aromatic rings. The molecule has 26 heavy (non-hydrogen) atoms. The zero-order valence-electron chi connectivity index (χ0n) is 14.3. The Bertz CT molecular complexity index is 1100. The van der Waals surface area contributed by atoms with Crippen LogP contribution in [-0.2, 0) is 13.0 Å². The molecule has 0 spiro atoms. The van der Waals surface area contributed by atoms with E-state index in [9.17, 15) is 9.90 Å². The fourth-order valence-electron chi connectivity index (χ4n) is 3.33. The monoisotopic (exact) mass is 341 g/mol. The van der Waals surface area contributed by atoms with Crippen LogP contribution < -0.4 is 5.56 Å². The Morgan fingerprint density at radius 2 is 1.31 bits per heavy atom. The Morgan fingerprint density at radius 3 is 2.00 bits per heavy atom. The molecule has 128 valence electrons. The lowest BCUT2D eigenvalue weighted by atomic mass is 10.0. The van der Waals surface area contributed by atoms with Gasteiger partial charge in [-0.1, -0.05) is 72.8 Å². The summed E-state index contributed by atoms with van der Waals surface area (Å²) in [5.41, 5.74) is 3.09. The van der Waals surface area contributed by atoms with E-state index in [-0.39, 0.29) is 11.3 Å². The van der Waals surface area contributed by atoms with Crippen LogP contribution in [0, 0.1) is 0 Å². The van der Waals surface area contributed by atoms with Gasteiger partial charge in [0.2, 0.25) is 0 Å². The number of rotatable bonds is 4. The lowest BCUT2D eigenvalue weighted by molar-refractivity contribution is 0.472. The average Bonchev–Trinajstić information content (AvgIpc) is 2.70. The molecule has 1 heterocycles. The van der Waals surface area contributed by atoms with Crippen molar-refractivity contribution in [2.24, 2.45) is 0 Å². The van der Waals surface area contributed by atoms with Gasteiger partial charge in [-0.15, -0.1) is 0 Å². The quantitative estimate of drug-likeness (QED) is 0.600. The van der Waals surface area contributed by atoms with Crippen LogP contribution in [0.3, 0.4) is 0 Å². The van der Waals surface area contributed by atoms with Gasteiger partial charge in [0, 0.05) is 11.8 Å². The minimum absolute atomic E-state index is 0.0822. The van der Waals surface area contributed by atoms with Gasteiger partial charge < -0.3 is 9.67 Å². The summed E-state index contributed by atoms with van der Waals surface area (Å²) in [5, 5.41) is 11.5. The van der Waals surface area contributed by atoms with Crippen LogP contribution in [-0.4, -0.2) is 9.67 Å². The Kier molecular flexibility index (Phi) is 4.28. The molecule has 0 radical (unpaired) electrons. The second kappa shape index (κ2) is 6.89. The summed E-state index contributed by atoms with van der Waals surface area (Å²) in [4.78, 5) is 13.2. The van der Waals surface area contributed by atoms with Crippen LogP contribution in [0.25, 0.3) is 10.9 Å². The summed E-state index contributed by atoms with van der Waals surface area (Å²) in [6, 6.07) is 27.2. The summed E-state index contributed by atoms with van der Waals surface area (Å²) >= 11 is 0. The van der Waals surface area contributed by atoms with Crippen LogP contribution in [0.5, 0.6) is 5.75 Å². The van der Waals surface area contributed by atoms with E-state index in [1.165, 1.54) is 0 Å². The van der Waals surface area contributed by atoms with E-state index in [1.54, 1.807) is 4.57 Å². The third-order valence-corrected chi connectivity index (χ3v) is 4.65. The highest BCUT2D eigenvalue weighted by atomic mass is 16.3. The molecule has 3 nitrogen and oxygen atoms in total. The van der Waals surface area contributed by atoms with E-state index in [4.69, 9.17) is 0 Å². The van der Waals surface area contributed by atoms with Gasteiger partial charge in [-0.25, -0.2) is 0 Å². The summed E-state index contributed by atoms with van der Waals surface area (Å²) < 4.78 is 1.75. The molecule has 1 N–H and O–H groups in total. The van der Waals surface area contributed by atoms with Crippen LogP contribution >= 0.6 is 0 Å².